The summed E-state index contributed by atoms with van der Waals surface area (Å²) in [4.78, 5) is 15.8. The Morgan fingerprint density at radius 1 is 1.27 bits per heavy atom. The summed E-state index contributed by atoms with van der Waals surface area (Å²) in [5.74, 6) is 0.279. The summed E-state index contributed by atoms with van der Waals surface area (Å²) < 4.78 is 0. The van der Waals surface area contributed by atoms with Crippen molar-refractivity contribution in [1.29, 1.82) is 0 Å². The van der Waals surface area contributed by atoms with E-state index in [1.807, 2.05) is 25.7 Å². The van der Waals surface area contributed by atoms with Crippen LogP contribution in [0.15, 0.2) is 0 Å². The molecular formula is C12H26N2O. The van der Waals surface area contributed by atoms with Crippen LogP contribution in [-0.4, -0.2) is 47.9 Å². The predicted octanol–water partition coefficient (Wildman–Crippen LogP) is 1.98. The average Bonchev–Trinajstić information content (AvgIpc) is 2.24. The molecule has 1 rings (SSSR count). The maximum absolute atomic E-state index is 11.5. The molecule has 0 aromatic carbocycles. The van der Waals surface area contributed by atoms with E-state index in [1.165, 1.54) is 0 Å². The fourth-order valence-electron chi connectivity index (χ4n) is 1.68. The number of hydrogen-bond donors (Lipinski definition) is 0. The summed E-state index contributed by atoms with van der Waals surface area (Å²) in [5.41, 5.74) is 0.128. The lowest BCUT2D eigenvalue weighted by atomic mass is 9.99. The second kappa shape index (κ2) is 6.11. The molecule has 0 spiro atoms. The number of amides is 1. The molecule has 1 amide bonds. The average molecular weight is 214 g/mol. The smallest absolute Gasteiger partial charge is 0.222 e. The number of hydrogen-bond acceptors (Lipinski definition) is 2. The van der Waals surface area contributed by atoms with Crippen LogP contribution in [0.3, 0.4) is 0 Å². The number of piperazine rings is 1. The van der Waals surface area contributed by atoms with Gasteiger partial charge < -0.3 is 4.90 Å². The fraction of sp³-hybridized carbons (Fsp3) is 0.917. The number of carbonyl (C=O) groups excluding carboxylic acids is 1. The van der Waals surface area contributed by atoms with Gasteiger partial charge in [-0.25, -0.2) is 0 Å². The molecule has 0 atom stereocenters. The fourth-order valence-corrected chi connectivity index (χ4v) is 1.68. The van der Waals surface area contributed by atoms with E-state index in [0.717, 1.165) is 19.6 Å². The Labute approximate surface area is 94.4 Å². The van der Waals surface area contributed by atoms with Gasteiger partial charge in [0.15, 0.2) is 0 Å². The normalized spacial score (nSPS) is 20.5. The molecule has 0 radical (unpaired) electrons. The van der Waals surface area contributed by atoms with Crippen molar-refractivity contribution in [3.8, 4) is 0 Å². The summed E-state index contributed by atoms with van der Waals surface area (Å²) in [6.45, 7) is 13.0. The van der Waals surface area contributed by atoms with E-state index < -0.39 is 0 Å². The lowest BCUT2D eigenvalue weighted by molar-refractivity contribution is -0.135. The van der Waals surface area contributed by atoms with Crippen molar-refractivity contribution in [2.75, 3.05) is 26.7 Å². The monoisotopic (exact) mass is 214 g/mol. The maximum atomic E-state index is 11.5. The van der Waals surface area contributed by atoms with E-state index in [4.69, 9.17) is 0 Å². The van der Waals surface area contributed by atoms with Crippen molar-refractivity contribution < 1.29 is 4.79 Å². The van der Waals surface area contributed by atoms with Crippen molar-refractivity contribution in [3.05, 3.63) is 0 Å². The summed E-state index contributed by atoms with van der Waals surface area (Å²) in [7, 11) is 2.12. The van der Waals surface area contributed by atoms with Crippen molar-refractivity contribution in [1.82, 2.24) is 9.80 Å². The molecule has 3 heteroatoms. The van der Waals surface area contributed by atoms with Gasteiger partial charge in [-0.2, -0.15) is 0 Å². The molecule has 1 aliphatic heterocycles. The minimum absolute atomic E-state index is 0.128. The number of nitrogens with zero attached hydrogens (tertiary/aromatic N) is 2. The van der Waals surface area contributed by atoms with E-state index in [9.17, 15) is 4.79 Å². The SMILES string of the molecule is CC.CCC(=O)N1CCN(C)C(C)(C)C1. The Bertz CT molecular complexity index is 202. The van der Waals surface area contributed by atoms with Crippen LogP contribution in [0, 0.1) is 0 Å². The molecule has 0 N–H and O–H groups in total. The molecule has 0 unspecified atom stereocenters. The molecule has 0 aromatic rings. The van der Waals surface area contributed by atoms with Crippen molar-refractivity contribution >= 4 is 5.91 Å². The highest BCUT2D eigenvalue weighted by Gasteiger charge is 2.32. The Kier molecular flexibility index (Phi) is 5.88. The third-order valence-corrected chi connectivity index (χ3v) is 2.97. The maximum Gasteiger partial charge on any atom is 0.222 e. The molecule has 1 heterocycles. The molecule has 15 heavy (non-hydrogen) atoms. The highest BCUT2D eigenvalue weighted by atomic mass is 16.2. The van der Waals surface area contributed by atoms with Gasteiger partial charge in [-0.3, -0.25) is 9.69 Å². The first-order valence-electron chi connectivity index (χ1n) is 5.96. The molecule has 0 bridgehead atoms. The van der Waals surface area contributed by atoms with Gasteiger partial charge >= 0.3 is 0 Å². The lowest BCUT2D eigenvalue weighted by Gasteiger charge is -2.45. The van der Waals surface area contributed by atoms with Crippen LogP contribution in [0.1, 0.15) is 41.0 Å². The predicted molar refractivity (Wildman–Crippen MR) is 64.9 cm³/mol. The molecule has 90 valence electrons. The quantitative estimate of drug-likeness (QED) is 0.666. The van der Waals surface area contributed by atoms with Gasteiger partial charge in [-0.05, 0) is 20.9 Å². The zero-order valence-electron chi connectivity index (χ0n) is 11.1. The van der Waals surface area contributed by atoms with Crippen LogP contribution in [0.2, 0.25) is 0 Å². The van der Waals surface area contributed by atoms with Crippen LogP contribution < -0.4 is 0 Å². The first-order chi connectivity index (χ1) is 6.97. The van der Waals surface area contributed by atoms with E-state index in [2.05, 4.69) is 25.8 Å². The van der Waals surface area contributed by atoms with Gasteiger partial charge in [0.25, 0.3) is 0 Å². The van der Waals surface area contributed by atoms with E-state index in [-0.39, 0.29) is 11.4 Å². The Hall–Kier alpha value is -0.570. The minimum atomic E-state index is 0.128. The summed E-state index contributed by atoms with van der Waals surface area (Å²) in [6.07, 6.45) is 0.625. The van der Waals surface area contributed by atoms with Crippen LogP contribution in [0.4, 0.5) is 0 Å². The van der Waals surface area contributed by atoms with Crippen LogP contribution in [-0.2, 0) is 4.79 Å². The zero-order chi connectivity index (χ0) is 12.1. The van der Waals surface area contributed by atoms with Crippen molar-refractivity contribution in [3.63, 3.8) is 0 Å². The van der Waals surface area contributed by atoms with Crippen molar-refractivity contribution in [2.24, 2.45) is 0 Å². The zero-order valence-corrected chi connectivity index (χ0v) is 11.1. The molecule has 0 aromatic heterocycles. The van der Waals surface area contributed by atoms with Crippen LogP contribution in [0.5, 0.6) is 0 Å². The van der Waals surface area contributed by atoms with E-state index in [0.29, 0.717) is 6.42 Å². The molecular weight excluding hydrogens is 188 g/mol. The second-order valence-corrected chi connectivity index (χ2v) is 4.40. The summed E-state index contributed by atoms with van der Waals surface area (Å²) in [6, 6.07) is 0. The van der Waals surface area contributed by atoms with Crippen molar-refractivity contribution in [2.45, 2.75) is 46.6 Å². The number of rotatable bonds is 1. The Morgan fingerprint density at radius 2 is 1.80 bits per heavy atom. The first kappa shape index (κ1) is 14.4. The number of carbonyl (C=O) groups is 1. The summed E-state index contributed by atoms with van der Waals surface area (Å²) in [5, 5.41) is 0. The summed E-state index contributed by atoms with van der Waals surface area (Å²) >= 11 is 0. The van der Waals surface area contributed by atoms with Gasteiger partial charge in [0.05, 0.1) is 0 Å². The van der Waals surface area contributed by atoms with Gasteiger partial charge in [0.2, 0.25) is 5.91 Å². The lowest BCUT2D eigenvalue weighted by Crippen LogP contribution is -2.58. The largest absolute Gasteiger partial charge is 0.340 e. The molecule has 1 aliphatic rings. The highest BCUT2D eigenvalue weighted by Crippen LogP contribution is 2.18. The molecule has 1 saturated heterocycles. The van der Waals surface area contributed by atoms with Gasteiger partial charge in [0, 0.05) is 31.6 Å². The van der Waals surface area contributed by atoms with Gasteiger partial charge in [0.1, 0.15) is 0 Å². The van der Waals surface area contributed by atoms with E-state index >= 15 is 0 Å². The molecule has 0 aliphatic carbocycles. The van der Waals surface area contributed by atoms with Gasteiger partial charge in [-0.1, -0.05) is 20.8 Å². The minimum Gasteiger partial charge on any atom is -0.340 e. The topological polar surface area (TPSA) is 23.6 Å². The highest BCUT2D eigenvalue weighted by molar-refractivity contribution is 5.76. The molecule has 3 nitrogen and oxygen atoms in total. The second-order valence-electron chi connectivity index (χ2n) is 4.40. The third kappa shape index (κ3) is 3.82. The molecule has 0 saturated carbocycles. The standard InChI is InChI=1S/C10H20N2O.C2H6/c1-5-9(13)12-7-6-11(4)10(2,3)8-12;1-2/h5-8H2,1-4H3;1-2H3. The van der Waals surface area contributed by atoms with Crippen LogP contribution >= 0.6 is 0 Å². The first-order valence-corrected chi connectivity index (χ1v) is 5.96. The van der Waals surface area contributed by atoms with Crippen LogP contribution in [0.25, 0.3) is 0 Å². The third-order valence-electron chi connectivity index (χ3n) is 2.97. The Balaban J connectivity index is 0.000000921. The van der Waals surface area contributed by atoms with E-state index in [1.54, 1.807) is 0 Å². The molecule has 1 fully saturated rings. The van der Waals surface area contributed by atoms with Gasteiger partial charge in [-0.15, -0.1) is 0 Å². The Morgan fingerprint density at radius 3 is 2.20 bits per heavy atom. The number of likely N-dealkylation sites (N-methyl/N-ethyl adjacent to an activating group) is 1.